The number of anilines is 2. The monoisotopic (exact) mass is 1010 g/mol. The summed E-state index contributed by atoms with van der Waals surface area (Å²) in [4.78, 5) is 54.4. The fraction of sp³-hybridized carbons (Fsp3) is 0.200. The highest BCUT2D eigenvalue weighted by Crippen LogP contribution is 2.31. The predicted octanol–water partition coefficient (Wildman–Crippen LogP) is 9.19. The van der Waals surface area contributed by atoms with Crippen LogP contribution in [0.4, 0.5) is 21.0 Å². The van der Waals surface area contributed by atoms with E-state index >= 15 is 0 Å². The summed E-state index contributed by atoms with van der Waals surface area (Å²) in [6.07, 6.45) is 3.74. The van der Waals surface area contributed by atoms with Crippen molar-refractivity contribution >= 4 is 68.2 Å². The van der Waals surface area contributed by atoms with E-state index in [1.807, 2.05) is 98.5 Å². The first kappa shape index (κ1) is 52.2. The van der Waals surface area contributed by atoms with Gasteiger partial charge in [-0.15, -0.1) is 0 Å². The summed E-state index contributed by atoms with van der Waals surface area (Å²) in [5, 5.41) is 27.6. The van der Waals surface area contributed by atoms with Gasteiger partial charge in [0.25, 0.3) is 11.8 Å². The lowest BCUT2D eigenvalue weighted by Gasteiger charge is -2.12. The smallest absolute Gasteiger partial charge is 0.411 e. The van der Waals surface area contributed by atoms with Gasteiger partial charge in [0.1, 0.15) is 24.0 Å². The van der Waals surface area contributed by atoms with Gasteiger partial charge in [-0.05, 0) is 120 Å². The van der Waals surface area contributed by atoms with Gasteiger partial charge in [-0.1, -0.05) is 48.5 Å². The molecule has 7 N–H and O–H groups in total. The molecule has 0 saturated carbocycles. The van der Waals surface area contributed by atoms with Crippen molar-refractivity contribution in [1.29, 1.82) is 0 Å². The molecule has 378 valence electrons. The van der Waals surface area contributed by atoms with Gasteiger partial charge in [-0.25, -0.2) is 13.8 Å². The number of aromatic hydroxyl groups is 1. The van der Waals surface area contributed by atoms with E-state index in [0.29, 0.717) is 57.5 Å². The molecule has 0 radical (unpaired) electrons. The highest BCUT2D eigenvalue weighted by molar-refractivity contribution is 7.83. The molecule has 0 aliphatic carbocycles. The number of aryl methyl sites for hydroxylation is 3. The fourth-order valence-corrected chi connectivity index (χ4v) is 8.92. The molecule has 2 heterocycles. The van der Waals surface area contributed by atoms with Crippen molar-refractivity contribution in [3.8, 4) is 17.2 Å². The Morgan fingerprint density at radius 3 is 1.82 bits per heavy atom. The van der Waals surface area contributed by atoms with Gasteiger partial charge in [0.15, 0.2) is 11.0 Å². The van der Waals surface area contributed by atoms with Crippen LogP contribution in [0.3, 0.4) is 0 Å². The number of hydrogen-bond donors (Lipinski definition) is 7. The molecule has 0 spiro atoms. The van der Waals surface area contributed by atoms with Gasteiger partial charge in [-0.3, -0.25) is 24.9 Å². The number of phenolic OH excluding ortho intramolecular Hbond substituents is 1. The molecule has 1 atom stereocenters. The maximum absolute atomic E-state index is 13.0. The van der Waals surface area contributed by atoms with Crippen LogP contribution in [0.5, 0.6) is 17.2 Å². The first-order chi connectivity index (χ1) is 35.2. The molecular formula is C55H56N6O11S. The Hall–Kier alpha value is -8.61. The zero-order chi connectivity index (χ0) is 52.0. The maximum Gasteiger partial charge on any atom is 0.411 e. The second-order valence-corrected chi connectivity index (χ2v) is 18.0. The lowest BCUT2D eigenvalue weighted by Crippen LogP contribution is -2.26. The summed E-state index contributed by atoms with van der Waals surface area (Å²) < 4.78 is 39.4. The third kappa shape index (κ3) is 13.4. The number of carbonyl (C=O) groups excluding carboxylic acids is 4. The summed E-state index contributed by atoms with van der Waals surface area (Å²) in [6, 6.07) is 35.5. The van der Waals surface area contributed by atoms with Crippen molar-refractivity contribution in [1.82, 2.24) is 19.6 Å². The van der Waals surface area contributed by atoms with E-state index in [4.69, 9.17) is 29.2 Å². The summed E-state index contributed by atoms with van der Waals surface area (Å²) >= 11 is 0. The van der Waals surface area contributed by atoms with Crippen LogP contribution in [0.15, 0.2) is 139 Å². The van der Waals surface area contributed by atoms with Crippen molar-refractivity contribution < 1.29 is 52.5 Å². The summed E-state index contributed by atoms with van der Waals surface area (Å²) in [5.41, 5.74) is 8.79. The number of fused-ring (bicyclic) bond motifs is 2. The number of nitrogens with zero attached hydrogens (tertiary/aromatic N) is 1. The number of aromatic nitrogens is 2. The molecule has 73 heavy (non-hydrogen) atoms. The number of rotatable bonds is 17. The number of H-pyrrole nitrogens is 1. The largest absolute Gasteiger partial charge is 0.508 e. The molecule has 0 aliphatic rings. The Balaban J connectivity index is 0.000000889. The molecule has 18 heteroatoms. The van der Waals surface area contributed by atoms with Crippen LogP contribution >= 0.6 is 0 Å². The third-order valence-corrected chi connectivity index (χ3v) is 13.0. The van der Waals surface area contributed by atoms with Gasteiger partial charge in [0.05, 0.1) is 32.3 Å². The molecule has 2 aromatic heterocycles. The highest BCUT2D eigenvalue weighted by atomic mass is 32.2. The van der Waals surface area contributed by atoms with Crippen molar-refractivity contribution in [2.45, 2.75) is 38.0 Å². The SMILES string of the molecule is COc1cc(C(=O)NCO)ccc1Cc1c[nH]c2ccc(NC(=O)OCCCOC(=O)Nc3ccc4c(c3)c(Cc3ccc(C(=O)NS(=O)c5ccccc5C)cc3OC)cn4C)cc12.Cc1ccccc1O. The Kier molecular flexibility index (Phi) is 17.5. The molecule has 1 unspecified atom stereocenters. The number of amides is 4. The number of ether oxygens (including phenoxy) is 4. The van der Waals surface area contributed by atoms with E-state index in [-0.39, 0.29) is 19.6 Å². The van der Waals surface area contributed by atoms with Crippen LogP contribution in [-0.4, -0.2) is 82.1 Å². The number of para-hydroxylation sites is 1. The standard InChI is InChI=1S/C48H48N6O10S.C7H8O/c1-29-8-5-6-9-44(29)65(60)53-46(57)33-13-11-31(43(23-33)62-4)21-35-27-54(2)41-17-15-37(25-39(35)41)52-48(59)64-19-7-18-63-47(58)51-36-14-16-40-38(24-36)34(26-49-40)20-30-10-12-32(22-42(30)61-3)45(56)50-28-55;1-6-4-2-3-5-7(6)8/h5-6,8-17,22-27,49,55H,7,18-21,28H2,1-4H3,(H,50,56)(H,51,58)(H,52,59)(H,53,57);2-5,8H,1H3. The molecule has 0 fully saturated rings. The average molecular weight is 1010 g/mol. The molecule has 17 nitrogen and oxygen atoms in total. The molecule has 8 aromatic rings. The Morgan fingerprint density at radius 2 is 1.23 bits per heavy atom. The molecule has 6 aromatic carbocycles. The summed E-state index contributed by atoms with van der Waals surface area (Å²) in [6.45, 7) is 3.24. The van der Waals surface area contributed by atoms with E-state index in [1.165, 1.54) is 14.2 Å². The number of hydrogen-bond acceptors (Lipinski definition) is 11. The lowest BCUT2D eigenvalue weighted by atomic mass is 10.0. The van der Waals surface area contributed by atoms with Gasteiger partial charge >= 0.3 is 12.2 Å². The first-order valence-corrected chi connectivity index (χ1v) is 24.2. The topological polar surface area (TPSA) is 232 Å². The number of aliphatic hydroxyl groups is 1. The van der Waals surface area contributed by atoms with Gasteiger partial charge in [0, 0.05) is 83.0 Å². The third-order valence-electron chi connectivity index (χ3n) is 11.8. The molecule has 0 saturated heterocycles. The molecule has 0 aliphatic heterocycles. The van der Waals surface area contributed by atoms with E-state index in [2.05, 4.69) is 25.7 Å². The number of aromatic amines is 1. The Morgan fingerprint density at radius 1 is 0.658 bits per heavy atom. The molecular weight excluding hydrogens is 953 g/mol. The first-order valence-electron chi connectivity index (χ1n) is 23.1. The minimum Gasteiger partial charge on any atom is -0.508 e. The quantitative estimate of drug-likeness (QED) is 0.0336. The average Bonchev–Trinajstić information content (AvgIpc) is 3.93. The fourth-order valence-electron chi connectivity index (χ4n) is 7.97. The van der Waals surface area contributed by atoms with Crippen LogP contribution in [0.2, 0.25) is 0 Å². The summed E-state index contributed by atoms with van der Waals surface area (Å²) in [7, 11) is 3.25. The second kappa shape index (κ2) is 24.5. The number of aliphatic hydroxyl groups excluding tert-OH is 1. The van der Waals surface area contributed by atoms with Gasteiger partial charge in [-0.2, -0.15) is 0 Å². The number of carbonyl (C=O) groups is 4. The van der Waals surface area contributed by atoms with Crippen molar-refractivity contribution in [3.63, 3.8) is 0 Å². The molecule has 4 amide bonds. The number of nitrogens with one attached hydrogen (secondary N) is 5. The number of phenols is 1. The Bertz CT molecular complexity index is 3290. The molecule has 0 bridgehead atoms. The zero-order valence-corrected chi connectivity index (χ0v) is 41.7. The van der Waals surface area contributed by atoms with E-state index in [9.17, 15) is 23.4 Å². The predicted molar refractivity (Wildman–Crippen MR) is 280 cm³/mol. The van der Waals surface area contributed by atoms with Gasteiger partial charge < -0.3 is 44.0 Å². The van der Waals surface area contributed by atoms with Gasteiger partial charge in [0.2, 0.25) is 0 Å². The van der Waals surface area contributed by atoms with E-state index < -0.39 is 41.7 Å². The van der Waals surface area contributed by atoms with Crippen LogP contribution < -0.4 is 30.1 Å². The van der Waals surface area contributed by atoms with Crippen molar-refractivity contribution in [2.75, 3.05) is 44.8 Å². The molecule has 8 rings (SSSR count). The van der Waals surface area contributed by atoms with E-state index in [1.54, 1.807) is 60.7 Å². The second-order valence-electron chi connectivity index (χ2n) is 16.8. The normalized spacial score (nSPS) is 11.2. The minimum atomic E-state index is -1.73. The van der Waals surface area contributed by atoms with Crippen LogP contribution in [0.1, 0.15) is 60.5 Å². The minimum absolute atomic E-state index is 0.00276. The van der Waals surface area contributed by atoms with E-state index in [0.717, 1.165) is 55.2 Å². The van der Waals surface area contributed by atoms with Crippen LogP contribution in [0, 0.1) is 13.8 Å². The number of benzene rings is 6. The highest BCUT2D eigenvalue weighted by Gasteiger charge is 2.18. The van der Waals surface area contributed by atoms with Crippen molar-refractivity contribution in [3.05, 3.63) is 178 Å². The van der Waals surface area contributed by atoms with Crippen LogP contribution in [0.25, 0.3) is 21.8 Å². The zero-order valence-electron chi connectivity index (χ0n) is 40.9. The Labute approximate surface area is 424 Å². The lowest BCUT2D eigenvalue weighted by molar-refractivity contribution is 0.0908. The van der Waals surface area contributed by atoms with Crippen molar-refractivity contribution in [2.24, 2.45) is 7.05 Å². The van der Waals surface area contributed by atoms with Crippen LogP contribution in [-0.2, 0) is 40.3 Å². The summed E-state index contributed by atoms with van der Waals surface area (Å²) in [5.74, 6) is 0.473. The number of methoxy groups -OCH3 is 2. The maximum atomic E-state index is 13.0.